The molecule has 6 heteroatoms. The van der Waals surface area contributed by atoms with E-state index in [0.717, 1.165) is 25.1 Å². The minimum atomic E-state index is -0.0906. The average Bonchev–Trinajstić information content (AvgIpc) is 2.49. The summed E-state index contributed by atoms with van der Waals surface area (Å²) in [5.41, 5.74) is 1.45. The van der Waals surface area contributed by atoms with Gasteiger partial charge in [0, 0.05) is 23.7 Å². The van der Waals surface area contributed by atoms with E-state index in [2.05, 4.69) is 17.6 Å². The van der Waals surface area contributed by atoms with Crippen LogP contribution in [0.15, 0.2) is 12.1 Å². The van der Waals surface area contributed by atoms with Crippen molar-refractivity contribution < 1.29 is 14.3 Å². The molecule has 2 unspecified atom stereocenters. The van der Waals surface area contributed by atoms with E-state index >= 15 is 0 Å². The van der Waals surface area contributed by atoms with Crippen molar-refractivity contribution in [3.8, 4) is 11.5 Å². The van der Waals surface area contributed by atoms with E-state index in [1.165, 1.54) is 0 Å². The molecule has 1 aliphatic rings. The van der Waals surface area contributed by atoms with Gasteiger partial charge in [-0.25, -0.2) is 0 Å². The lowest BCUT2D eigenvalue weighted by Crippen LogP contribution is -2.50. The van der Waals surface area contributed by atoms with E-state index in [0.29, 0.717) is 23.0 Å². The number of nitrogens with one attached hydrogen (secondary N) is 2. The maximum absolute atomic E-state index is 12.5. The molecule has 0 aliphatic carbocycles. The molecule has 2 rings (SSSR count). The molecule has 0 spiro atoms. The zero-order valence-electron chi connectivity index (χ0n) is 13.6. The topological polar surface area (TPSA) is 59.6 Å². The van der Waals surface area contributed by atoms with Gasteiger partial charge >= 0.3 is 0 Å². The predicted octanol–water partition coefficient (Wildman–Crippen LogP) is 2.16. The van der Waals surface area contributed by atoms with Gasteiger partial charge in [-0.1, -0.05) is 6.92 Å². The predicted molar refractivity (Wildman–Crippen MR) is 89.4 cm³/mol. The smallest absolute Gasteiger partial charge is 0.251 e. The van der Waals surface area contributed by atoms with Gasteiger partial charge in [-0.15, -0.1) is 12.4 Å². The number of rotatable bonds is 4. The Kier molecular flexibility index (Phi) is 6.97. The fourth-order valence-corrected chi connectivity index (χ4v) is 2.65. The van der Waals surface area contributed by atoms with Crippen molar-refractivity contribution in [2.45, 2.75) is 26.3 Å². The highest BCUT2D eigenvalue weighted by atomic mass is 35.5. The van der Waals surface area contributed by atoms with Crippen LogP contribution in [-0.4, -0.2) is 39.3 Å². The number of carbonyl (C=O) groups is 1. The van der Waals surface area contributed by atoms with E-state index in [-0.39, 0.29) is 24.4 Å². The molecule has 2 atom stereocenters. The van der Waals surface area contributed by atoms with Gasteiger partial charge in [-0.2, -0.15) is 0 Å². The van der Waals surface area contributed by atoms with Crippen LogP contribution in [0.2, 0.25) is 0 Å². The van der Waals surface area contributed by atoms with Gasteiger partial charge in [0.2, 0.25) is 0 Å². The largest absolute Gasteiger partial charge is 0.496 e. The summed E-state index contributed by atoms with van der Waals surface area (Å²) in [7, 11) is 3.19. The van der Waals surface area contributed by atoms with Crippen LogP contribution < -0.4 is 20.1 Å². The molecule has 1 aromatic carbocycles. The number of methoxy groups -OCH3 is 2. The Morgan fingerprint density at radius 1 is 1.27 bits per heavy atom. The third kappa shape index (κ3) is 4.05. The van der Waals surface area contributed by atoms with Crippen LogP contribution in [0.5, 0.6) is 11.5 Å². The number of carbonyl (C=O) groups excluding carboxylic acids is 1. The standard InChI is InChI=1S/C16H24N2O3.ClH/c1-10-5-6-17-9-13(10)18-16(19)12-7-14(20-3)11(2)15(8-12)21-4;/h7-8,10,13,17H,5-6,9H2,1-4H3,(H,18,19);1H. The number of halogens is 1. The number of ether oxygens (including phenoxy) is 2. The van der Waals surface area contributed by atoms with Gasteiger partial charge in [0.1, 0.15) is 11.5 Å². The summed E-state index contributed by atoms with van der Waals surface area (Å²) in [6.45, 7) is 5.90. The molecule has 22 heavy (non-hydrogen) atoms. The van der Waals surface area contributed by atoms with Crippen molar-refractivity contribution >= 4 is 18.3 Å². The summed E-state index contributed by atoms with van der Waals surface area (Å²) in [6.07, 6.45) is 1.07. The number of piperidine rings is 1. The summed E-state index contributed by atoms with van der Waals surface area (Å²) >= 11 is 0. The third-order valence-electron chi connectivity index (χ3n) is 4.16. The lowest BCUT2D eigenvalue weighted by molar-refractivity contribution is 0.0914. The van der Waals surface area contributed by atoms with Crippen LogP contribution in [0.3, 0.4) is 0 Å². The molecule has 1 aromatic rings. The quantitative estimate of drug-likeness (QED) is 0.889. The molecule has 0 bridgehead atoms. The van der Waals surface area contributed by atoms with Crippen LogP contribution in [0.25, 0.3) is 0 Å². The van der Waals surface area contributed by atoms with E-state index in [1.807, 2.05) is 6.92 Å². The Labute approximate surface area is 138 Å². The van der Waals surface area contributed by atoms with Gasteiger partial charge in [0.15, 0.2) is 0 Å². The third-order valence-corrected chi connectivity index (χ3v) is 4.16. The second kappa shape index (κ2) is 8.25. The monoisotopic (exact) mass is 328 g/mol. The molecular formula is C16H25ClN2O3. The molecule has 0 radical (unpaired) electrons. The van der Waals surface area contributed by atoms with Crippen LogP contribution in [0.4, 0.5) is 0 Å². The van der Waals surface area contributed by atoms with Gasteiger partial charge in [0.25, 0.3) is 5.91 Å². The highest BCUT2D eigenvalue weighted by molar-refractivity contribution is 5.95. The molecule has 1 amide bonds. The van der Waals surface area contributed by atoms with Crippen molar-refractivity contribution in [2.75, 3.05) is 27.3 Å². The molecular weight excluding hydrogens is 304 g/mol. The molecule has 2 N–H and O–H groups in total. The first-order valence-corrected chi connectivity index (χ1v) is 7.31. The number of hydrogen-bond donors (Lipinski definition) is 2. The lowest BCUT2D eigenvalue weighted by Gasteiger charge is -2.30. The molecule has 1 heterocycles. The maximum atomic E-state index is 12.5. The van der Waals surface area contributed by atoms with Crippen molar-refractivity contribution in [3.05, 3.63) is 23.3 Å². The van der Waals surface area contributed by atoms with Gasteiger partial charge in [-0.05, 0) is 37.9 Å². The Morgan fingerprint density at radius 2 is 1.86 bits per heavy atom. The fraction of sp³-hybridized carbons (Fsp3) is 0.562. The van der Waals surface area contributed by atoms with Gasteiger partial charge < -0.3 is 20.1 Å². The van der Waals surface area contributed by atoms with Crippen molar-refractivity contribution in [2.24, 2.45) is 5.92 Å². The second-order valence-electron chi connectivity index (χ2n) is 5.56. The highest BCUT2D eigenvalue weighted by Gasteiger charge is 2.23. The molecule has 124 valence electrons. The summed E-state index contributed by atoms with van der Waals surface area (Å²) in [5.74, 6) is 1.71. The van der Waals surface area contributed by atoms with E-state index in [1.54, 1.807) is 26.4 Å². The molecule has 1 aliphatic heterocycles. The first-order chi connectivity index (χ1) is 10.1. The second-order valence-corrected chi connectivity index (χ2v) is 5.56. The molecule has 1 fully saturated rings. The van der Waals surface area contributed by atoms with Crippen LogP contribution in [0, 0.1) is 12.8 Å². The number of benzene rings is 1. The van der Waals surface area contributed by atoms with Crippen LogP contribution in [-0.2, 0) is 0 Å². The molecule has 5 nitrogen and oxygen atoms in total. The number of amides is 1. The zero-order chi connectivity index (χ0) is 15.4. The number of hydrogen-bond acceptors (Lipinski definition) is 4. The van der Waals surface area contributed by atoms with E-state index < -0.39 is 0 Å². The summed E-state index contributed by atoms with van der Waals surface area (Å²) in [4.78, 5) is 12.5. The zero-order valence-corrected chi connectivity index (χ0v) is 14.4. The normalized spacial score (nSPS) is 20.7. The Balaban J connectivity index is 0.00000242. The highest BCUT2D eigenvalue weighted by Crippen LogP contribution is 2.29. The minimum absolute atomic E-state index is 0. The van der Waals surface area contributed by atoms with E-state index in [4.69, 9.17) is 9.47 Å². The van der Waals surface area contributed by atoms with Gasteiger partial charge in [0.05, 0.1) is 14.2 Å². The first kappa shape index (κ1) is 18.6. The summed E-state index contributed by atoms with van der Waals surface area (Å²) < 4.78 is 10.6. The van der Waals surface area contributed by atoms with Crippen LogP contribution in [0.1, 0.15) is 29.3 Å². The van der Waals surface area contributed by atoms with Crippen molar-refractivity contribution in [3.63, 3.8) is 0 Å². The summed E-state index contributed by atoms with van der Waals surface area (Å²) in [6, 6.07) is 3.67. The first-order valence-electron chi connectivity index (χ1n) is 7.31. The van der Waals surface area contributed by atoms with Crippen LogP contribution >= 0.6 is 12.4 Å². The Morgan fingerprint density at radius 3 is 2.36 bits per heavy atom. The molecule has 1 saturated heterocycles. The SMILES string of the molecule is COc1cc(C(=O)NC2CNCCC2C)cc(OC)c1C.Cl. The maximum Gasteiger partial charge on any atom is 0.251 e. The minimum Gasteiger partial charge on any atom is -0.496 e. The fourth-order valence-electron chi connectivity index (χ4n) is 2.65. The Bertz CT molecular complexity index is 497. The van der Waals surface area contributed by atoms with Gasteiger partial charge in [-0.3, -0.25) is 4.79 Å². The van der Waals surface area contributed by atoms with Crippen molar-refractivity contribution in [1.29, 1.82) is 0 Å². The van der Waals surface area contributed by atoms with E-state index in [9.17, 15) is 4.79 Å². The Hall–Kier alpha value is -1.46. The summed E-state index contributed by atoms with van der Waals surface area (Å²) in [5, 5.41) is 6.41. The van der Waals surface area contributed by atoms with Crippen molar-refractivity contribution in [1.82, 2.24) is 10.6 Å². The molecule has 0 saturated carbocycles. The molecule has 0 aromatic heterocycles. The average molecular weight is 329 g/mol. The lowest BCUT2D eigenvalue weighted by atomic mass is 9.94.